The Kier molecular flexibility index (Phi) is 4.48. The van der Waals surface area contributed by atoms with Crippen LogP contribution in [0.15, 0.2) is 29.0 Å². The fraction of sp³-hybridized carbons (Fsp3) is 0.500. The lowest BCUT2D eigenvalue weighted by Gasteiger charge is -2.40. The van der Waals surface area contributed by atoms with Gasteiger partial charge in [0.05, 0.1) is 18.7 Å². The number of piperidine rings is 1. The third-order valence-corrected chi connectivity index (χ3v) is 4.12. The van der Waals surface area contributed by atoms with Crippen LogP contribution in [0.25, 0.3) is 0 Å². The molecule has 128 valence electrons. The van der Waals surface area contributed by atoms with E-state index in [0.29, 0.717) is 24.7 Å². The summed E-state index contributed by atoms with van der Waals surface area (Å²) in [7, 11) is 1.66. The maximum atomic E-state index is 12.4. The van der Waals surface area contributed by atoms with E-state index in [1.54, 1.807) is 38.5 Å². The zero-order valence-corrected chi connectivity index (χ0v) is 13.8. The van der Waals surface area contributed by atoms with Crippen molar-refractivity contribution in [2.75, 3.05) is 31.6 Å². The van der Waals surface area contributed by atoms with Gasteiger partial charge in [-0.05, 0) is 25.8 Å². The number of amides is 1. The molecule has 1 fully saturated rings. The topological polar surface area (TPSA) is 95.6 Å². The van der Waals surface area contributed by atoms with E-state index in [4.69, 9.17) is 4.52 Å². The van der Waals surface area contributed by atoms with Crippen molar-refractivity contribution >= 4 is 11.9 Å². The maximum absolute atomic E-state index is 12.4. The second-order valence-corrected chi connectivity index (χ2v) is 6.28. The van der Waals surface area contributed by atoms with Gasteiger partial charge in [0.25, 0.3) is 5.91 Å². The first-order valence-electron chi connectivity index (χ1n) is 7.90. The van der Waals surface area contributed by atoms with E-state index < -0.39 is 5.60 Å². The Morgan fingerprint density at radius 2 is 2.21 bits per heavy atom. The Morgan fingerprint density at radius 3 is 2.88 bits per heavy atom. The van der Waals surface area contributed by atoms with Crippen LogP contribution in [0, 0.1) is 6.92 Å². The summed E-state index contributed by atoms with van der Waals surface area (Å²) in [6.45, 7) is 3.11. The quantitative estimate of drug-likeness (QED) is 0.888. The molecule has 0 aromatic carbocycles. The van der Waals surface area contributed by atoms with Crippen LogP contribution in [-0.2, 0) is 0 Å². The molecule has 0 bridgehead atoms. The number of β-amino-alcohol motifs (C(OH)–C–C–N with tert-alkyl or cyclic N) is 1. The summed E-state index contributed by atoms with van der Waals surface area (Å²) >= 11 is 0. The van der Waals surface area contributed by atoms with E-state index >= 15 is 0 Å². The highest BCUT2D eigenvalue weighted by Crippen LogP contribution is 2.25. The van der Waals surface area contributed by atoms with Crippen molar-refractivity contribution in [3.8, 4) is 0 Å². The van der Waals surface area contributed by atoms with Crippen molar-refractivity contribution in [2.45, 2.75) is 25.4 Å². The van der Waals surface area contributed by atoms with Gasteiger partial charge in [0, 0.05) is 32.1 Å². The molecule has 0 saturated carbocycles. The monoisotopic (exact) mass is 331 g/mol. The van der Waals surface area contributed by atoms with Gasteiger partial charge in [-0.1, -0.05) is 5.16 Å². The first-order valence-corrected chi connectivity index (χ1v) is 7.90. The first kappa shape index (κ1) is 16.4. The van der Waals surface area contributed by atoms with Crippen molar-refractivity contribution in [1.82, 2.24) is 20.0 Å². The molecule has 24 heavy (non-hydrogen) atoms. The molecule has 2 aromatic rings. The van der Waals surface area contributed by atoms with E-state index in [-0.39, 0.29) is 18.1 Å². The number of carbonyl (C=O) groups is 1. The number of aromatic nitrogens is 3. The molecular weight excluding hydrogens is 310 g/mol. The molecule has 3 rings (SSSR count). The predicted octanol–water partition coefficient (Wildman–Crippen LogP) is 0.877. The molecule has 1 aliphatic rings. The van der Waals surface area contributed by atoms with Gasteiger partial charge in [0.2, 0.25) is 5.95 Å². The van der Waals surface area contributed by atoms with Gasteiger partial charge in [-0.3, -0.25) is 4.79 Å². The minimum atomic E-state index is -1.01. The fourth-order valence-corrected chi connectivity index (χ4v) is 3.04. The minimum Gasteiger partial charge on any atom is -0.386 e. The molecule has 8 heteroatoms. The van der Waals surface area contributed by atoms with E-state index in [1.807, 2.05) is 4.90 Å². The van der Waals surface area contributed by atoms with Gasteiger partial charge < -0.3 is 19.4 Å². The molecule has 1 atom stereocenters. The Bertz CT molecular complexity index is 705. The third kappa shape index (κ3) is 3.53. The molecule has 3 heterocycles. The lowest BCUT2D eigenvalue weighted by molar-refractivity contribution is -0.000540. The first-order chi connectivity index (χ1) is 11.5. The van der Waals surface area contributed by atoms with Crippen molar-refractivity contribution in [3.05, 3.63) is 36.0 Å². The van der Waals surface area contributed by atoms with Crippen LogP contribution in [0.2, 0.25) is 0 Å². The summed E-state index contributed by atoms with van der Waals surface area (Å²) < 4.78 is 4.94. The van der Waals surface area contributed by atoms with E-state index in [2.05, 4.69) is 15.1 Å². The highest BCUT2D eigenvalue weighted by molar-refractivity contribution is 5.92. The molecule has 0 spiro atoms. The number of likely N-dealkylation sites (N-methyl/N-ethyl adjacent to an activating group) is 1. The highest BCUT2D eigenvalue weighted by Gasteiger charge is 2.36. The number of hydrogen-bond donors (Lipinski definition) is 1. The number of rotatable bonds is 4. The molecule has 0 aliphatic carbocycles. The zero-order valence-electron chi connectivity index (χ0n) is 13.8. The van der Waals surface area contributed by atoms with Crippen molar-refractivity contribution < 1.29 is 14.4 Å². The standard InChI is InChI=1S/C16H21N5O3/c1-12-9-13(19-24-12)14(22)20(2)10-16(23)5-3-8-21(11-16)15-17-6-4-7-18-15/h4,6-7,9,23H,3,5,8,10-11H2,1-2H3/t16-/m0/s1. The van der Waals surface area contributed by atoms with Crippen LogP contribution in [0.1, 0.15) is 29.1 Å². The minimum absolute atomic E-state index is 0.209. The van der Waals surface area contributed by atoms with E-state index in [0.717, 1.165) is 13.0 Å². The Labute approximate surface area is 140 Å². The summed E-state index contributed by atoms with van der Waals surface area (Å²) in [5.41, 5.74) is -0.765. The SMILES string of the molecule is Cc1cc(C(=O)N(C)C[C@@]2(O)CCCN(c3ncccn3)C2)no1. The second-order valence-electron chi connectivity index (χ2n) is 6.28. The van der Waals surface area contributed by atoms with Crippen LogP contribution in [0.5, 0.6) is 0 Å². The second kappa shape index (κ2) is 6.56. The summed E-state index contributed by atoms with van der Waals surface area (Å²) in [5, 5.41) is 14.7. The molecule has 0 radical (unpaired) electrons. The Hall–Kier alpha value is -2.48. The number of nitrogens with zero attached hydrogens (tertiary/aromatic N) is 5. The molecule has 1 amide bonds. The van der Waals surface area contributed by atoms with Gasteiger partial charge in [0.1, 0.15) is 5.76 Å². The van der Waals surface area contributed by atoms with Crippen LogP contribution in [-0.4, -0.2) is 63.3 Å². The lowest BCUT2D eigenvalue weighted by Crippen LogP contribution is -2.55. The maximum Gasteiger partial charge on any atom is 0.275 e. The number of hydrogen-bond acceptors (Lipinski definition) is 7. The molecular formula is C16H21N5O3. The summed E-state index contributed by atoms with van der Waals surface area (Å²) in [4.78, 5) is 24.3. The van der Waals surface area contributed by atoms with Crippen LogP contribution < -0.4 is 4.90 Å². The van der Waals surface area contributed by atoms with E-state index in [9.17, 15) is 9.90 Å². The van der Waals surface area contributed by atoms with Crippen LogP contribution >= 0.6 is 0 Å². The molecule has 1 saturated heterocycles. The highest BCUT2D eigenvalue weighted by atomic mass is 16.5. The largest absolute Gasteiger partial charge is 0.386 e. The summed E-state index contributed by atoms with van der Waals surface area (Å²) in [5.74, 6) is 0.903. The van der Waals surface area contributed by atoms with Crippen LogP contribution in [0.4, 0.5) is 5.95 Å². The van der Waals surface area contributed by atoms with Gasteiger partial charge in [0.15, 0.2) is 5.69 Å². The van der Waals surface area contributed by atoms with Gasteiger partial charge >= 0.3 is 0 Å². The summed E-state index contributed by atoms with van der Waals surface area (Å²) in [6, 6.07) is 3.35. The number of anilines is 1. The van der Waals surface area contributed by atoms with Crippen LogP contribution in [0.3, 0.4) is 0 Å². The van der Waals surface area contributed by atoms with E-state index in [1.165, 1.54) is 4.90 Å². The summed E-state index contributed by atoms with van der Waals surface area (Å²) in [6.07, 6.45) is 4.78. The van der Waals surface area contributed by atoms with Gasteiger partial charge in [-0.25, -0.2) is 9.97 Å². The fourth-order valence-electron chi connectivity index (χ4n) is 3.04. The van der Waals surface area contributed by atoms with Gasteiger partial charge in [-0.2, -0.15) is 0 Å². The Balaban J connectivity index is 1.67. The smallest absolute Gasteiger partial charge is 0.275 e. The molecule has 2 aromatic heterocycles. The lowest BCUT2D eigenvalue weighted by atomic mass is 9.92. The van der Waals surface area contributed by atoms with Gasteiger partial charge in [-0.15, -0.1) is 0 Å². The average Bonchev–Trinajstić information content (AvgIpc) is 3.01. The molecule has 1 aliphatic heterocycles. The predicted molar refractivity (Wildman–Crippen MR) is 86.6 cm³/mol. The Morgan fingerprint density at radius 1 is 1.46 bits per heavy atom. The number of carbonyl (C=O) groups excluding carboxylic acids is 1. The molecule has 1 N–H and O–H groups in total. The molecule has 0 unspecified atom stereocenters. The van der Waals surface area contributed by atoms with Crippen molar-refractivity contribution in [1.29, 1.82) is 0 Å². The van der Waals surface area contributed by atoms with Crippen molar-refractivity contribution in [3.63, 3.8) is 0 Å². The normalized spacial score (nSPS) is 20.9. The van der Waals surface area contributed by atoms with Crippen molar-refractivity contribution in [2.24, 2.45) is 0 Å². The number of aliphatic hydroxyl groups is 1. The average molecular weight is 331 g/mol. The third-order valence-electron chi connectivity index (χ3n) is 4.12. The molecule has 8 nitrogen and oxygen atoms in total. The zero-order chi connectivity index (χ0) is 17.2. The number of aryl methyl sites for hydroxylation is 1.